The highest BCUT2D eigenvalue weighted by molar-refractivity contribution is 5.93. The Morgan fingerprint density at radius 3 is 1.63 bits per heavy atom. The summed E-state index contributed by atoms with van der Waals surface area (Å²) in [6, 6.07) is 26.8. The van der Waals surface area contributed by atoms with Crippen molar-refractivity contribution in [3.63, 3.8) is 0 Å². The summed E-state index contributed by atoms with van der Waals surface area (Å²) in [5.74, 6) is -0.0487. The average molecular weight is 727 g/mol. The van der Waals surface area contributed by atoms with Gasteiger partial charge in [-0.3, -0.25) is 24.4 Å². The zero-order valence-electron chi connectivity index (χ0n) is 30.2. The third kappa shape index (κ3) is 8.37. The Kier molecular flexibility index (Phi) is 11.4. The normalized spacial score (nSPS) is 15.7. The molecule has 0 bridgehead atoms. The van der Waals surface area contributed by atoms with Crippen molar-refractivity contribution in [2.24, 2.45) is 5.73 Å². The van der Waals surface area contributed by atoms with E-state index in [9.17, 15) is 14.4 Å². The molecule has 2 saturated heterocycles. The van der Waals surface area contributed by atoms with Crippen LogP contribution < -0.4 is 20.9 Å². The fraction of sp³-hybridized carbons (Fsp3) is 0.293. The predicted molar refractivity (Wildman–Crippen MR) is 211 cm³/mol. The van der Waals surface area contributed by atoms with Gasteiger partial charge in [0.05, 0.1) is 6.04 Å². The summed E-state index contributed by atoms with van der Waals surface area (Å²) < 4.78 is 0. The van der Waals surface area contributed by atoms with E-state index in [-0.39, 0.29) is 11.8 Å². The average Bonchev–Trinajstić information content (AvgIpc) is 3.92. The van der Waals surface area contributed by atoms with Crippen molar-refractivity contribution in [2.75, 3.05) is 62.2 Å². The Hall–Kier alpha value is -6.21. The summed E-state index contributed by atoms with van der Waals surface area (Å²) in [5, 5.41) is 5.08. The first-order valence-corrected chi connectivity index (χ1v) is 18.4. The van der Waals surface area contributed by atoms with Crippen LogP contribution in [0.2, 0.25) is 0 Å². The smallest absolute Gasteiger partial charge is 0.245 e. The van der Waals surface area contributed by atoms with Gasteiger partial charge in [0.2, 0.25) is 18.2 Å². The number of piperazine rings is 2. The van der Waals surface area contributed by atoms with Crippen LogP contribution in [-0.2, 0) is 27.2 Å². The topological polar surface area (TPSA) is 160 Å². The molecule has 2 fully saturated rings. The lowest BCUT2D eigenvalue weighted by Crippen LogP contribution is -2.54. The molecule has 0 spiro atoms. The third-order valence-corrected chi connectivity index (χ3v) is 10.2. The van der Waals surface area contributed by atoms with Gasteiger partial charge in [0.15, 0.2) is 0 Å². The van der Waals surface area contributed by atoms with Gasteiger partial charge >= 0.3 is 0 Å². The fourth-order valence-corrected chi connectivity index (χ4v) is 7.34. The van der Waals surface area contributed by atoms with E-state index >= 15 is 0 Å². The number of hydrogen-bond donors (Lipinski definition) is 4. The molecule has 2 aromatic carbocycles. The number of nitrogens with one attached hydrogen (secondary N) is 3. The summed E-state index contributed by atoms with van der Waals surface area (Å²) in [6.45, 7) is 5.77. The molecule has 13 nitrogen and oxygen atoms in total. The Morgan fingerprint density at radius 1 is 0.648 bits per heavy atom. The molecule has 8 rings (SSSR count). The number of rotatable bonds is 10. The number of carbonyl (C=O) groups excluding carboxylic acids is 3. The Balaban J connectivity index is 0.000000167. The van der Waals surface area contributed by atoms with E-state index in [1.165, 1.54) is 22.1 Å². The first kappa shape index (κ1) is 36.2. The van der Waals surface area contributed by atoms with Gasteiger partial charge in [-0.15, -0.1) is 0 Å². The molecule has 4 aromatic heterocycles. The molecule has 13 heteroatoms. The summed E-state index contributed by atoms with van der Waals surface area (Å²) in [4.78, 5) is 60.0. The number of hydrogen-bond acceptors (Lipinski definition) is 8. The van der Waals surface area contributed by atoms with Gasteiger partial charge in [-0.2, -0.15) is 0 Å². The van der Waals surface area contributed by atoms with Crippen molar-refractivity contribution in [2.45, 2.75) is 24.9 Å². The predicted octanol–water partition coefficient (Wildman–Crippen LogP) is 3.35. The maximum absolute atomic E-state index is 13.0. The van der Waals surface area contributed by atoms with Crippen LogP contribution in [0.3, 0.4) is 0 Å². The highest BCUT2D eigenvalue weighted by atomic mass is 16.2. The minimum absolute atomic E-state index is 0.00940. The van der Waals surface area contributed by atoms with Crippen LogP contribution in [-0.4, -0.2) is 112 Å². The minimum atomic E-state index is -0.591. The number of amides is 3. The largest absolute Gasteiger partial charge is 0.367 e. The molecule has 0 unspecified atom stereocenters. The number of H-pyrrole nitrogens is 2. The van der Waals surface area contributed by atoms with Crippen molar-refractivity contribution in [1.29, 1.82) is 0 Å². The van der Waals surface area contributed by atoms with E-state index in [1.807, 2.05) is 64.7 Å². The zero-order valence-corrected chi connectivity index (χ0v) is 30.2. The van der Waals surface area contributed by atoms with Gasteiger partial charge in [-0.05, 0) is 60.7 Å². The van der Waals surface area contributed by atoms with Crippen LogP contribution in [0.1, 0.15) is 11.4 Å². The van der Waals surface area contributed by atoms with Crippen molar-refractivity contribution >= 4 is 51.4 Å². The second kappa shape index (κ2) is 17.1. The maximum atomic E-state index is 13.0. The maximum Gasteiger partial charge on any atom is 0.245 e. The second-order valence-corrected chi connectivity index (χ2v) is 13.6. The second-order valence-electron chi connectivity index (χ2n) is 13.6. The highest BCUT2D eigenvalue weighted by Crippen LogP contribution is 2.28. The van der Waals surface area contributed by atoms with Crippen molar-refractivity contribution in [1.82, 2.24) is 35.1 Å². The van der Waals surface area contributed by atoms with Gasteiger partial charge in [-0.1, -0.05) is 24.3 Å². The molecular formula is C41H46N10O3. The van der Waals surface area contributed by atoms with E-state index in [2.05, 4.69) is 77.5 Å². The van der Waals surface area contributed by atoms with Gasteiger partial charge in [-0.25, -0.2) is 0 Å². The highest BCUT2D eigenvalue weighted by Gasteiger charge is 2.29. The lowest BCUT2D eigenvalue weighted by atomic mass is 10.1. The number of aromatic nitrogens is 4. The minimum Gasteiger partial charge on any atom is -0.367 e. The van der Waals surface area contributed by atoms with Crippen LogP contribution in [0.5, 0.6) is 0 Å². The van der Waals surface area contributed by atoms with Crippen molar-refractivity contribution in [3.8, 4) is 0 Å². The van der Waals surface area contributed by atoms with E-state index in [1.54, 1.807) is 12.4 Å². The van der Waals surface area contributed by atoms with Crippen molar-refractivity contribution in [3.05, 3.63) is 121 Å². The first-order valence-electron chi connectivity index (χ1n) is 18.4. The van der Waals surface area contributed by atoms with Gasteiger partial charge in [0.25, 0.3) is 0 Å². The zero-order chi connectivity index (χ0) is 37.3. The SMILES string of the molecule is N[C@H](Cc1ccccn1)C(=O)N1CCN(c2cccc3[nH]ccc23)CC1.O=CN[C@H](Cc1ccccn1)C(=O)N1CCN(c2cccc3[nH]ccc23)CC1. The fourth-order valence-electron chi connectivity index (χ4n) is 7.34. The Bertz CT molecular complexity index is 2140. The van der Waals surface area contributed by atoms with Crippen LogP contribution in [0.15, 0.2) is 110 Å². The van der Waals surface area contributed by atoms with Gasteiger partial charge in [0.1, 0.15) is 6.04 Å². The molecular weight excluding hydrogens is 681 g/mol. The van der Waals surface area contributed by atoms with Crippen molar-refractivity contribution < 1.29 is 14.4 Å². The molecule has 3 amide bonds. The Labute approximate surface area is 314 Å². The van der Waals surface area contributed by atoms with E-state index in [0.717, 1.165) is 48.6 Å². The number of carbonyl (C=O) groups is 3. The monoisotopic (exact) mass is 726 g/mol. The number of anilines is 2. The molecule has 278 valence electrons. The third-order valence-electron chi connectivity index (χ3n) is 10.2. The van der Waals surface area contributed by atoms with E-state index < -0.39 is 12.1 Å². The summed E-state index contributed by atoms with van der Waals surface area (Å²) >= 11 is 0. The number of aromatic amines is 2. The molecule has 54 heavy (non-hydrogen) atoms. The Morgan fingerprint density at radius 2 is 1.15 bits per heavy atom. The molecule has 6 aromatic rings. The van der Waals surface area contributed by atoms with Crippen LogP contribution in [0.25, 0.3) is 21.8 Å². The standard InChI is InChI=1S/C21H23N5O2.C20H23N5O/c27-15-24-19(14-16-4-1-2-8-22-16)21(28)26-12-10-25(11-13-26)20-6-3-5-18-17(20)7-9-23-18;21-17(14-15-4-1-2-8-22-15)20(26)25-12-10-24(11-13-25)19-6-3-5-18-16(19)7-9-23-18/h1-9,15,19,23H,10-14H2,(H,24,27);1-9,17,23H,10-14,21H2/t19-;17-/m11/s1. The van der Waals surface area contributed by atoms with E-state index in [4.69, 9.17) is 5.73 Å². The molecule has 2 atom stereocenters. The molecule has 2 aliphatic rings. The summed E-state index contributed by atoms with van der Waals surface area (Å²) in [6.07, 6.45) is 8.79. The number of nitrogens with zero attached hydrogens (tertiary/aromatic N) is 6. The van der Waals surface area contributed by atoms with Gasteiger partial charge < -0.3 is 40.6 Å². The van der Waals surface area contributed by atoms with Gasteiger partial charge in [0, 0.05) is 135 Å². The number of fused-ring (bicyclic) bond motifs is 2. The number of nitrogens with two attached hydrogens (primary N) is 1. The van der Waals surface area contributed by atoms with Crippen LogP contribution in [0, 0.1) is 0 Å². The first-order chi connectivity index (χ1) is 26.5. The number of pyridine rings is 2. The van der Waals surface area contributed by atoms with Crippen LogP contribution in [0.4, 0.5) is 11.4 Å². The van der Waals surface area contributed by atoms with E-state index in [0.29, 0.717) is 45.4 Å². The molecule has 0 saturated carbocycles. The molecule has 2 aliphatic heterocycles. The number of benzene rings is 2. The quantitative estimate of drug-likeness (QED) is 0.157. The summed E-state index contributed by atoms with van der Waals surface area (Å²) in [7, 11) is 0. The van der Waals surface area contributed by atoms with Crippen LogP contribution >= 0.6 is 0 Å². The summed E-state index contributed by atoms with van der Waals surface area (Å²) in [5.41, 5.74) is 12.4. The molecule has 0 radical (unpaired) electrons. The lowest BCUT2D eigenvalue weighted by molar-refractivity contribution is -0.135. The molecule has 5 N–H and O–H groups in total. The lowest BCUT2D eigenvalue weighted by Gasteiger charge is -2.37. The molecule has 6 heterocycles. The molecule has 0 aliphatic carbocycles.